The second-order valence-electron chi connectivity index (χ2n) is 8.38. The zero-order valence-electron chi connectivity index (χ0n) is 21.2. The zero-order chi connectivity index (χ0) is 26.2. The maximum absolute atomic E-state index is 11.6. The third kappa shape index (κ3) is 6.11. The van der Waals surface area contributed by atoms with Gasteiger partial charge in [0.2, 0.25) is 0 Å². The molecule has 4 aromatic rings. The fourth-order valence-corrected chi connectivity index (χ4v) is 4.26. The number of unbranched alkanes of at least 4 members (excludes halogenated alkanes) is 1. The quantitative estimate of drug-likeness (QED) is 0.172. The fraction of sp³-hybridized carbons (Fsp3) is 0.333. The van der Waals surface area contributed by atoms with Crippen LogP contribution in [0.3, 0.4) is 0 Å². The van der Waals surface area contributed by atoms with Crippen molar-refractivity contribution in [3.63, 3.8) is 0 Å². The van der Waals surface area contributed by atoms with Gasteiger partial charge in [-0.3, -0.25) is 4.79 Å². The molecule has 10 heteroatoms. The molecule has 0 aliphatic heterocycles. The van der Waals surface area contributed by atoms with E-state index in [4.69, 9.17) is 25.8 Å². The van der Waals surface area contributed by atoms with Gasteiger partial charge in [-0.05, 0) is 43.2 Å². The lowest BCUT2D eigenvalue weighted by Gasteiger charge is -2.15. The first kappa shape index (κ1) is 26.2. The maximum Gasteiger partial charge on any atom is 0.169 e. The van der Waals surface area contributed by atoms with Gasteiger partial charge in [0.25, 0.3) is 0 Å². The van der Waals surface area contributed by atoms with Crippen LogP contribution in [0.1, 0.15) is 42.5 Å². The molecule has 37 heavy (non-hydrogen) atoms. The van der Waals surface area contributed by atoms with Crippen LogP contribution in [0.5, 0.6) is 17.2 Å². The number of fused-ring (bicyclic) bond motifs is 1. The van der Waals surface area contributed by atoms with Crippen LogP contribution in [0.15, 0.2) is 42.7 Å². The number of benzene rings is 2. The Hall–Kier alpha value is -3.85. The highest BCUT2D eigenvalue weighted by atomic mass is 35.5. The van der Waals surface area contributed by atoms with Crippen LogP contribution >= 0.6 is 11.6 Å². The van der Waals surface area contributed by atoms with E-state index in [0.717, 1.165) is 53.7 Å². The molecule has 1 N–H and O–H groups in total. The number of carbonyl (C=O) groups is 1. The van der Waals surface area contributed by atoms with Crippen molar-refractivity contribution in [2.24, 2.45) is 0 Å². The lowest BCUT2D eigenvalue weighted by atomic mass is 10.2. The molecular formula is C27H30ClN5O4. The minimum atomic E-state index is 0.245. The maximum atomic E-state index is 11.6. The van der Waals surface area contributed by atoms with Crippen LogP contribution < -0.4 is 19.5 Å². The van der Waals surface area contributed by atoms with Crippen LogP contribution in [-0.4, -0.2) is 46.6 Å². The summed E-state index contributed by atoms with van der Waals surface area (Å²) in [6.07, 6.45) is 5.69. The molecule has 0 amide bonds. The predicted molar refractivity (Wildman–Crippen MR) is 144 cm³/mol. The summed E-state index contributed by atoms with van der Waals surface area (Å²) in [5.74, 6) is 3.39. The molecule has 0 atom stereocenters. The summed E-state index contributed by atoms with van der Waals surface area (Å²) in [5, 5.41) is 4.37. The Balaban J connectivity index is 1.50. The van der Waals surface area contributed by atoms with Gasteiger partial charge < -0.3 is 24.1 Å². The van der Waals surface area contributed by atoms with Gasteiger partial charge >= 0.3 is 0 Å². The lowest BCUT2D eigenvalue weighted by Crippen LogP contribution is -2.11. The average molecular weight is 524 g/mol. The first-order valence-corrected chi connectivity index (χ1v) is 12.5. The molecule has 0 radical (unpaired) electrons. The number of hydrogen-bond donors (Lipinski definition) is 1. The number of rotatable bonds is 13. The van der Waals surface area contributed by atoms with Gasteiger partial charge in [0.05, 0.1) is 26.3 Å². The molecule has 0 aliphatic rings. The second-order valence-corrected chi connectivity index (χ2v) is 8.73. The third-order valence-corrected chi connectivity index (χ3v) is 6.24. The van der Waals surface area contributed by atoms with E-state index in [-0.39, 0.29) is 5.15 Å². The first-order valence-electron chi connectivity index (χ1n) is 12.1. The topological polar surface area (TPSA) is 100 Å². The molecular weight excluding hydrogens is 494 g/mol. The molecule has 4 rings (SSSR count). The highest BCUT2D eigenvalue weighted by Crippen LogP contribution is 2.35. The number of hydrogen-bond acceptors (Lipinski definition) is 8. The molecule has 0 spiro atoms. The van der Waals surface area contributed by atoms with Crippen molar-refractivity contribution < 1.29 is 19.0 Å². The van der Waals surface area contributed by atoms with Crippen LogP contribution in [0.4, 0.5) is 11.5 Å². The molecule has 194 valence electrons. The standard InChI is InChI=1S/C27H30ClN5O4/c1-4-5-7-25-32-26(28)22(16-34)33(25)12-6-13-37-24-14-20-21(15-23(24)36-3)29-17-30-27(20)31-18-8-10-19(35-2)11-9-18/h8-11,14-17H,4-7,12-13H2,1-3H3,(H,29,30,31). The van der Waals surface area contributed by atoms with Crippen molar-refractivity contribution in [1.29, 1.82) is 0 Å². The van der Waals surface area contributed by atoms with Crippen molar-refractivity contribution in [2.75, 3.05) is 26.1 Å². The Labute approximate surface area is 220 Å². The third-order valence-electron chi connectivity index (χ3n) is 5.96. The molecule has 0 unspecified atom stereocenters. The zero-order valence-corrected chi connectivity index (χ0v) is 21.9. The number of imidazole rings is 1. The van der Waals surface area contributed by atoms with Gasteiger partial charge in [-0.2, -0.15) is 0 Å². The number of aromatic nitrogens is 4. The fourth-order valence-electron chi connectivity index (χ4n) is 4.02. The summed E-state index contributed by atoms with van der Waals surface area (Å²) in [6.45, 7) is 3.08. The summed E-state index contributed by atoms with van der Waals surface area (Å²) in [7, 11) is 3.22. The van der Waals surface area contributed by atoms with Crippen molar-refractivity contribution >= 4 is 40.3 Å². The molecule has 9 nitrogen and oxygen atoms in total. The molecule has 2 heterocycles. The molecule has 2 aromatic heterocycles. The summed E-state index contributed by atoms with van der Waals surface area (Å²) < 4.78 is 18.8. The minimum Gasteiger partial charge on any atom is -0.497 e. The summed E-state index contributed by atoms with van der Waals surface area (Å²) in [5.41, 5.74) is 1.99. The Morgan fingerprint density at radius 1 is 1.05 bits per heavy atom. The van der Waals surface area contributed by atoms with Gasteiger partial charge in [0.15, 0.2) is 22.9 Å². The number of nitrogens with zero attached hydrogens (tertiary/aromatic N) is 4. The van der Waals surface area contributed by atoms with E-state index in [1.54, 1.807) is 14.2 Å². The Morgan fingerprint density at radius 3 is 2.57 bits per heavy atom. The lowest BCUT2D eigenvalue weighted by molar-refractivity contribution is 0.111. The SMILES string of the molecule is CCCCc1nc(Cl)c(C=O)n1CCCOc1cc2c(Nc3ccc(OC)cc3)ncnc2cc1OC. The van der Waals surface area contributed by atoms with Gasteiger partial charge in [-0.1, -0.05) is 24.9 Å². The van der Waals surface area contributed by atoms with Crippen molar-refractivity contribution in [3.05, 3.63) is 59.4 Å². The summed E-state index contributed by atoms with van der Waals surface area (Å²) in [4.78, 5) is 24.8. The number of methoxy groups -OCH3 is 2. The molecule has 0 saturated carbocycles. The van der Waals surface area contributed by atoms with Crippen molar-refractivity contribution in [2.45, 2.75) is 39.2 Å². The van der Waals surface area contributed by atoms with Gasteiger partial charge in [-0.25, -0.2) is 15.0 Å². The number of aldehydes is 1. The van der Waals surface area contributed by atoms with Crippen molar-refractivity contribution in [1.82, 2.24) is 19.5 Å². The van der Waals surface area contributed by atoms with E-state index in [9.17, 15) is 4.79 Å². The number of aryl methyl sites for hydroxylation is 1. The van der Waals surface area contributed by atoms with Gasteiger partial charge in [-0.15, -0.1) is 0 Å². The van der Waals surface area contributed by atoms with E-state index in [2.05, 4.69) is 27.2 Å². The average Bonchev–Trinajstić information content (AvgIpc) is 3.23. The van der Waals surface area contributed by atoms with E-state index in [1.165, 1.54) is 6.33 Å². The molecule has 0 saturated heterocycles. The van der Waals surface area contributed by atoms with Crippen LogP contribution in [0.25, 0.3) is 10.9 Å². The van der Waals surface area contributed by atoms with Gasteiger partial charge in [0.1, 0.15) is 29.4 Å². The molecule has 0 bridgehead atoms. The van der Waals surface area contributed by atoms with E-state index in [1.807, 2.05) is 41.0 Å². The van der Waals surface area contributed by atoms with Crippen LogP contribution in [0, 0.1) is 0 Å². The monoisotopic (exact) mass is 523 g/mol. The Bertz CT molecular complexity index is 1360. The van der Waals surface area contributed by atoms with Gasteiger partial charge in [0, 0.05) is 30.1 Å². The van der Waals surface area contributed by atoms with E-state index in [0.29, 0.717) is 42.6 Å². The number of ether oxygens (including phenoxy) is 3. The predicted octanol–water partition coefficient (Wildman–Crippen LogP) is 5.86. The smallest absolute Gasteiger partial charge is 0.169 e. The number of nitrogens with one attached hydrogen (secondary N) is 1. The Morgan fingerprint density at radius 2 is 1.86 bits per heavy atom. The van der Waals surface area contributed by atoms with Crippen LogP contribution in [0.2, 0.25) is 5.15 Å². The Kier molecular flexibility index (Phi) is 8.79. The number of carbonyl (C=O) groups excluding carboxylic acids is 1. The first-order chi connectivity index (χ1) is 18.1. The highest BCUT2D eigenvalue weighted by molar-refractivity contribution is 6.31. The highest BCUT2D eigenvalue weighted by Gasteiger charge is 2.16. The second kappa shape index (κ2) is 12.4. The number of halogens is 1. The summed E-state index contributed by atoms with van der Waals surface area (Å²) in [6, 6.07) is 11.3. The summed E-state index contributed by atoms with van der Waals surface area (Å²) >= 11 is 6.19. The minimum absolute atomic E-state index is 0.245. The van der Waals surface area contributed by atoms with E-state index >= 15 is 0 Å². The largest absolute Gasteiger partial charge is 0.497 e. The van der Waals surface area contributed by atoms with Crippen molar-refractivity contribution in [3.8, 4) is 17.2 Å². The van der Waals surface area contributed by atoms with E-state index < -0.39 is 0 Å². The molecule has 2 aromatic carbocycles. The normalized spacial score (nSPS) is 10.9. The number of anilines is 2. The molecule has 0 fully saturated rings. The molecule has 0 aliphatic carbocycles. The van der Waals surface area contributed by atoms with Crippen LogP contribution in [-0.2, 0) is 13.0 Å².